The van der Waals surface area contributed by atoms with Crippen LogP contribution in [0, 0.1) is 18.6 Å². The number of aryl methyl sites for hydroxylation is 1. The van der Waals surface area contributed by atoms with Crippen molar-refractivity contribution < 1.29 is 13.3 Å². The van der Waals surface area contributed by atoms with Crippen LogP contribution in [0.4, 0.5) is 14.5 Å². The van der Waals surface area contributed by atoms with Crippen LogP contribution in [0.5, 0.6) is 0 Å². The second kappa shape index (κ2) is 4.97. The lowest BCUT2D eigenvalue weighted by atomic mass is 10.1. The molecule has 0 spiro atoms. The summed E-state index contributed by atoms with van der Waals surface area (Å²) in [6.45, 7) is 1.74. The molecule has 2 N–H and O–H groups in total. The average molecular weight is 287 g/mol. The van der Waals surface area contributed by atoms with Crippen LogP contribution < -0.4 is 5.73 Å². The summed E-state index contributed by atoms with van der Waals surface area (Å²) in [5.74, 6) is -0.372. The number of benzene rings is 2. The molecule has 6 heteroatoms. The molecule has 0 saturated heterocycles. The van der Waals surface area contributed by atoms with Gasteiger partial charge in [-0.3, -0.25) is 0 Å². The second-order valence-electron chi connectivity index (χ2n) is 4.61. The summed E-state index contributed by atoms with van der Waals surface area (Å²) in [4.78, 5) is 4.20. The first-order chi connectivity index (χ1) is 10.0. The summed E-state index contributed by atoms with van der Waals surface area (Å²) in [7, 11) is 0. The fourth-order valence-corrected chi connectivity index (χ4v) is 2.03. The van der Waals surface area contributed by atoms with Gasteiger partial charge in [0.25, 0.3) is 5.89 Å². The molecule has 4 nitrogen and oxygen atoms in total. The summed E-state index contributed by atoms with van der Waals surface area (Å²) in [6.07, 6.45) is 0. The summed E-state index contributed by atoms with van der Waals surface area (Å²) < 4.78 is 31.5. The molecular weight excluding hydrogens is 276 g/mol. The largest absolute Gasteiger partial charge is 0.398 e. The first kappa shape index (κ1) is 13.2. The molecule has 1 heterocycles. The Kier molecular flexibility index (Phi) is 3.13. The van der Waals surface area contributed by atoms with E-state index in [0.717, 1.165) is 0 Å². The molecule has 0 atom stereocenters. The van der Waals surface area contributed by atoms with Gasteiger partial charge in [0.1, 0.15) is 11.6 Å². The number of hydrogen-bond acceptors (Lipinski definition) is 4. The van der Waals surface area contributed by atoms with Gasteiger partial charge in [-0.05, 0) is 48.9 Å². The predicted molar refractivity (Wildman–Crippen MR) is 74.2 cm³/mol. The lowest BCUT2D eigenvalue weighted by molar-refractivity contribution is 0.432. The van der Waals surface area contributed by atoms with Crippen molar-refractivity contribution in [1.82, 2.24) is 10.1 Å². The zero-order valence-corrected chi connectivity index (χ0v) is 11.1. The van der Waals surface area contributed by atoms with Gasteiger partial charge in [0.05, 0.1) is 5.56 Å². The second-order valence-corrected chi connectivity index (χ2v) is 4.61. The van der Waals surface area contributed by atoms with Crippen molar-refractivity contribution in [2.45, 2.75) is 6.92 Å². The number of nitrogens with two attached hydrogens (primary N) is 1. The number of anilines is 1. The zero-order valence-electron chi connectivity index (χ0n) is 11.1. The first-order valence-corrected chi connectivity index (χ1v) is 6.20. The Bertz CT molecular complexity index is 814. The molecular formula is C15H11F2N3O. The van der Waals surface area contributed by atoms with Crippen molar-refractivity contribution in [3.05, 3.63) is 53.6 Å². The maximum absolute atomic E-state index is 13.3. The van der Waals surface area contributed by atoms with Crippen LogP contribution in [-0.2, 0) is 0 Å². The maximum atomic E-state index is 13.3. The molecule has 0 unspecified atom stereocenters. The van der Waals surface area contributed by atoms with E-state index in [4.69, 9.17) is 10.3 Å². The molecule has 0 radical (unpaired) electrons. The third kappa shape index (κ3) is 2.47. The minimum absolute atomic E-state index is 0.116. The Morgan fingerprint density at radius 1 is 1.00 bits per heavy atom. The van der Waals surface area contributed by atoms with Crippen molar-refractivity contribution in [3.63, 3.8) is 0 Å². The topological polar surface area (TPSA) is 64.9 Å². The minimum Gasteiger partial charge on any atom is -0.398 e. The molecule has 2 aromatic carbocycles. The van der Waals surface area contributed by atoms with Gasteiger partial charge in [-0.15, -0.1) is 0 Å². The van der Waals surface area contributed by atoms with Gasteiger partial charge in [-0.2, -0.15) is 4.98 Å². The number of nitrogens with zero attached hydrogens (tertiary/aromatic N) is 2. The molecule has 21 heavy (non-hydrogen) atoms. The monoisotopic (exact) mass is 287 g/mol. The molecule has 0 aliphatic rings. The van der Waals surface area contributed by atoms with E-state index in [-0.39, 0.29) is 11.7 Å². The normalized spacial score (nSPS) is 10.8. The van der Waals surface area contributed by atoms with Gasteiger partial charge in [0, 0.05) is 11.3 Å². The Labute approximate surface area is 119 Å². The molecule has 0 aliphatic heterocycles. The van der Waals surface area contributed by atoms with E-state index >= 15 is 0 Å². The van der Waals surface area contributed by atoms with Crippen LogP contribution in [0.3, 0.4) is 0 Å². The van der Waals surface area contributed by atoms with Crippen molar-refractivity contribution in [3.8, 4) is 22.8 Å². The standard InChI is InChI=1S/C15H11F2N3O/c1-8-6-9(16)2-4-11(8)14-19-15(21-20-14)12-7-10(17)3-5-13(12)18/h2-7H,18H2,1H3. The highest BCUT2D eigenvalue weighted by Crippen LogP contribution is 2.28. The van der Waals surface area contributed by atoms with Crippen LogP contribution in [0.25, 0.3) is 22.8 Å². The van der Waals surface area contributed by atoms with E-state index in [1.165, 1.54) is 30.3 Å². The van der Waals surface area contributed by atoms with E-state index in [0.29, 0.717) is 28.2 Å². The zero-order chi connectivity index (χ0) is 15.0. The molecule has 0 saturated carbocycles. The van der Waals surface area contributed by atoms with Crippen LogP contribution in [0.2, 0.25) is 0 Å². The highest BCUT2D eigenvalue weighted by Gasteiger charge is 2.15. The number of halogens is 2. The Balaban J connectivity index is 2.06. The third-order valence-electron chi connectivity index (χ3n) is 3.10. The Morgan fingerprint density at radius 3 is 2.48 bits per heavy atom. The lowest BCUT2D eigenvalue weighted by Crippen LogP contribution is -1.91. The maximum Gasteiger partial charge on any atom is 0.260 e. The molecule has 3 rings (SSSR count). The number of hydrogen-bond donors (Lipinski definition) is 1. The van der Waals surface area contributed by atoms with E-state index in [9.17, 15) is 8.78 Å². The number of nitrogen functional groups attached to an aromatic ring is 1. The SMILES string of the molecule is Cc1cc(F)ccc1-c1noc(-c2cc(F)ccc2N)n1. The van der Waals surface area contributed by atoms with Crippen molar-refractivity contribution in [2.24, 2.45) is 0 Å². The van der Waals surface area contributed by atoms with Gasteiger partial charge in [-0.25, -0.2) is 8.78 Å². The lowest BCUT2D eigenvalue weighted by Gasteiger charge is -2.00. The van der Waals surface area contributed by atoms with Crippen LogP contribution in [-0.4, -0.2) is 10.1 Å². The van der Waals surface area contributed by atoms with Crippen LogP contribution in [0.15, 0.2) is 40.9 Å². The Hall–Kier alpha value is -2.76. The van der Waals surface area contributed by atoms with E-state index in [2.05, 4.69) is 10.1 Å². The van der Waals surface area contributed by atoms with E-state index in [1.807, 2.05) is 0 Å². The van der Waals surface area contributed by atoms with E-state index < -0.39 is 5.82 Å². The summed E-state index contributed by atoms with van der Waals surface area (Å²) in [6, 6.07) is 8.16. The molecule has 3 aromatic rings. The highest BCUT2D eigenvalue weighted by molar-refractivity contribution is 5.71. The summed E-state index contributed by atoms with van der Waals surface area (Å²) in [5, 5.41) is 3.84. The van der Waals surface area contributed by atoms with Gasteiger partial charge in [0.2, 0.25) is 5.82 Å². The van der Waals surface area contributed by atoms with Gasteiger partial charge in [0.15, 0.2) is 0 Å². The number of rotatable bonds is 2. The quantitative estimate of drug-likeness (QED) is 0.732. The van der Waals surface area contributed by atoms with Gasteiger partial charge >= 0.3 is 0 Å². The molecule has 106 valence electrons. The molecule has 0 fully saturated rings. The highest BCUT2D eigenvalue weighted by atomic mass is 19.1. The van der Waals surface area contributed by atoms with Gasteiger partial charge in [-0.1, -0.05) is 5.16 Å². The smallest absolute Gasteiger partial charge is 0.260 e. The summed E-state index contributed by atoms with van der Waals surface area (Å²) >= 11 is 0. The molecule has 0 aliphatic carbocycles. The van der Waals surface area contributed by atoms with Gasteiger partial charge < -0.3 is 10.3 Å². The van der Waals surface area contributed by atoms with Crippen molar-refractivity contribution >= 4 is 5.69 Å². The third-order valence-corrected chi connectivity index (χ3v) is 3.10. The first-order valence-electron chi connectivity index (χ1n) is 6.20. The molecule has 0 bridgehead atoms. The van der Waals surface area contributed by atoms with Crippen molar-refractivity contribution in [2.75, 3.05) is 5.73 Å². The van der Waals surface area contributed by atoms with Crippen LogP contribution in [0.1, 0.15) is 5.56 Å². The molecule has 0 amide bonds. The predicted octanol–water partition coefficient (Wildman–Crippen LogP) is 3.57. The minimum atomic E-state index is -0.447. The fraction of sp³-hybridized carbons (Fsp3) is 0.0667. The average Bonchev–Trinajstić information content (AvgIpc) is 2.91. The fourth-order valence-electron chi connectivity index (χ4n) is 2.03. The number of aromatic nitrogens is 2. The molecule has 1 aromatic heterocycles. The van der Waals surface area contributed by atoms with E-state index in [1.54, 1.807) is 13.0 Å². The Morgan fingerprint density at radius 2 is 1.71 bits per heavy atom. The summed E-state index contributed by atoms with van der Waals surface area (Å²) in [5.41, 5.74) is 7.75. The van der Waals surface area contributed by atoms with Crippen molar-refractivity contribution in [1.29, 1.82) is 0 Å². The van der Waals surface area contributed by atoms with Crippen LogP contribution >= 0.6 is 0 Å².